The molecule has 0 aromatic heterocycles. The Bertz CT molecular complexity index is 927. The van der Waals surface area contributed by atoms with E-state index in [2.05, 4.69) is 13.8 Å². The number of esters is 2. The first-order valence-corrected chi connectivity index (χ1v) is 25.2. The van der Waals surface area contributed by atoms with Gasteiger partial charge in [-0.15, -0.1) is 0 Å². The second kappa shape index (κ2) is 39.5. The van der Waals surface area contributed by atoms with E-state index in [9.17, 15) is 19.0 Å². The van der Waals surface area contributed by atoms with Crippen molar-refractivity contribution in [3.05, 3.63) is 0 Å². The Morgan fingerprint density at radius 3 is 1.14 bits per heavy atom. The Labute approximate surface area is 346 Å². The molecule has 2 unspecified atom stereocenters. The molecule has 0 aromatic carbocycles. The number of carbonyl (C=O) groups excluding carboxylic acids is 2. The fourth-order valence-corrected chi connectivity index (χ4v) is 7.62. The molecule has 334 valence electrons. The second-order valence-electron chi connectivity index (χ2n) is 17.5. The van der Waals surface area contributed by atoms with Crippen LogP contribution >= 0.6 is 7.82 Å². The Hall–Kier alpha value is -0.990. The van der Waals surface area contributed by atoms with Crippen molar-refractivity contribution in [1.82, 2.24) is 0 Å². The van der Waals surface area contributed by atoms with Gasteiger partial charge in [0.15, 0.2) is 6.10 Å². The average Bonchev–Trinajstić information content (AvgIpc) is 3.15. The molecule has 0 heterocycles. The van der Waals surface area contributed by atoms with E-state index >= 15 is 0 Å². The molecule has 2 atom stereocenters. The zero-order valence-electron chi connectivity index (χ0n) is 37.6. The molecule has 0 aliphatic rings. The van der Waals surface area contributed by atoms with Gasteiger partial charge in [0, 0.05) is 12.8 Å². The van der Waals surface area contributed by atoms with E-state index < -0.39 is 26.5 Å². The molecule has 0 fully saturated rings. The zero-order valence-corrected chi connectivity index (χ0v) is 38.5. The molecule has 0 aromatic rings. The number of phosphoric ester groups is 1. The highest BCUT2D eigenvalue weighted by molar-refractivity contribution is 7.45. The van der Waals surface area contributed by atoms with Crippen molar-refractivity contribution in [2.75, 3.05) is 47.5 Å². The highest BCUT2D eigenvalue weighted by Gasteiger charge is 2.21. The third-order valence-corrected chi connectivity index (χ3v) is 11.6. The highest BCUT2D eigenvalue weighted by Crippen LogP contribution is 2.38. The number of phosphoric acid groups is 1. The van der Waals surface area contributed by atoms with E-state index in [4.69, 9.17) is 18.5 Å². The van der Waals surface area contributed by atoms with Crippen molar-refractivity contribution in [3.63, 3.8) is 0 Å². The summed E-state index contributed by atoms with van der Waals surface area (Å²) in [7, 11) is 1.18. The van der Waals surface area contributed by atoms with Gasteiger partial charge >= 0.3 is 11.9 Å². The van der Waals surface area contributed by atoms with E-state index in [0.717, 1.165) is 32.1 Å². The molecule has 0 amide bonds. The lowest BCUT2D eigenvalue weighted by molar-refractivity contribution is -0.870. The topological polar surface area (TPSA) is 111 Å². The number of nitrogens with zero attached hydrogens (tertiary/aromatic N) is 1. The minimum Gasteiger partial charge on any atom is -0.756 e. The molecule has 9 nitrogen and oxygen atoms in total. The van der Waals surface area contributed by atoms with Crippen LogP contribution in [0.25, 0.3) is 0 Å². The van der Waals surface area contributed by atoms with Gasteiger partial charge in [-0.05, 0) is 12.8 Å². The molecule has 0 saturated heterocycles. The third kappa shape index (κ3) is 42.6. The lowest BCUT2D eigenvalue weighted by Gasteiger charge is -2.28. The van der Waals surface area contributed by atoms with Crippen molar-refractivity contribution < 1.29 is 42.1 Å². The van der Waals surface area contributed by atoms with Crippen LogP contribution in [-0.2, 0) is 32.7 Å². The quantitative estimate of drug-likeness (QED) is 0.0259. The Morgan fingerprint density at radius 2 is 0.804 bits per heavy atom. The molecule has 10 heteroatoms. The maximum absolute atomic E-state index is 12.7. The van der Waals surface area contributed by atoms with Crippen LogP contribution < -0.4 is 4.89 Å². The van der Waals surface area contributed by atoms with Crippen LogP contribution in [0.1, 0.15) is 232 Å². The third-order valence-electron chi connectivity index (χ3n) is 10.6. The predicted molar refractivity (Wildman–Crippen MR) is 232 cm³/mol. The van der Waals surface area contributed by atoms with Gasteiger partial charge in [-0.3, -0.25) is 14.2 Å². The Morgan fingerprint density at radius 1 is 0.482 bits per heavy atom. The van der Waals surface area contributed by atoms with Gasteiger partial charge in [0.1, 0.15) is 19.8 Å². The molecule has 0 aliphatic carbocycles. The smallest absolute Gasteiger partial charge is 0.306 e. The van der Waals surface area contributed by atoms with Crippen LogP contribution in [0.15, 0.2) is 0 Å². The van der Waals surface area contributed by atoms with Crippen molar-refractivity contribution in [3.8, 4) is 0 Å². The number of quaternary nitrogens is 1. The summed E-state index contributed by atoms with van der Waals surface area (Å²) in [4.78, 5) is 37.5. The fourth-order valence-electron chi connectivity index (χ4n) is 6.89. The molecular weight excluding hydrogens is 725 g/mol. The van der Waals surface area contributed by atoms with Crippen LogP contribution in [-0.4, -0.2) is 70.0 Å². The van der Waals surface area contributed by atoms with Gasteiger partial charge in [0.2, 0.25) is 0 Å². The summed E-state index contributed by atoms with van der Waals surface area (Å²) >= 11 is 0. The Balaban J connectivity index is 4.12. The summed E-state index contributed by atoms with van der Waals surface area (Å²) in [5, 5.41) is 0. The zero-order chi connectivity index (χ0) is 41.4. The molecule has 0 radical (unpaired) electrons. The van der Waals surface area contributed by atoms with Gasteiger partial charge in [0.05, 0.1) is 27.7 Å². The number of hydrogen-bond donors (Lipinski definition) is 0. The number of unbranched alkanes of at least 4 members (excludes halogenated alkanes) is 30. The average molecular weight is 818 g/mol. The molecule has 0 spiro atoms. The van der Waals surface area contributed by atoms with Crippen molar-refractivity contribution in [1.29, 1.82) is 0 Å². The summed E-state index contributed by atoms with van der Waals surface area (Å²) in [5.41, 5.74) is 0. The largest absolute Gasteiger partial charge is 0.756 e. The lowest BCUT2D eigenvalue weighted by atomic mass is 10.0. The van der Waals surface area contributed by atoms with E-state index in [-0.39, 0.29) is 32.0 Å². The van der Waals surface area contributed by atoms with Crippen LogP contribution in [0.4, 0.5) is 0 Å². The van der Waals surface area contributed by atoms with Crippen LogP contribution in [0, 0.1) is 0 Å². The second-order valence-corrected chi connectivity index (χ2v) is 18.9. The first kappa shape index (κ1) is 55.0. The summed E-state index contributed by atoms with van der Waals surface area (Å²) in [6.07, 6.45) is 40.0. The fraction of sp³-hybridized carbons (Fsp3) is 0.957. The number of hydrogen-bond acceptors (Lipinski definition) is 8. The summed E-state index contributed by atoms with van der Waals surface area (Å²) < 4.78 is 33.9. The molecule has 0 N–H and O–H groups in total. The van der Waals surface area contributed by atoms with Crippen molar-refractivity contribution in [2.45, 2.75) is 238 Å². The highest BCUT2D eigenvalue weighted by atomic mass is 31.2. The van der Waals surface area contributed by atoms with Crippen LogP contribution in [0.5, 0.6) is 0 Å². The number of likely N-dealkylation sites (N-methyl/N-ethyl adjacent to an activating group) is 1. The summed E-state index contributed by atoms with van der Waals surface area (Å²) in [6.45, 7) is 4.24. The van der Waals surface area contributed by atoms with E-state index in [0.29, 0.717) is 17.4 Å². The number of carbonyl (C=O) groups is 2. The molecular formula is C46H92NO8P. The molecule has 0 aliphatic heterocycles. The maximum Gasteiger partial charge on any atom is 0.306 e. The summed E-state index contributed by atoms with van der Waals surface area (Å²) in [5.74, 6) is -0.822. The lowest BCUT2D eigenvalue weighted by Crippen LogP contribution is -2.37. The van der Waals surface area contributed by atoms with Crippen molar-refractivity contribution in [2.24, 2.45) is 0 Å². The van der Waals surface area contributed by atoms with Crippen LogP contribution in [0.2, 0.25) is 0 Å². The number of rotatable bonds is 44. The minimum absolute atomic E-state index is 0.0258. The SMILES string of the molecule is CCCCCCCCCCCCCCCCCCCCCCCCCC(=O)OC(COC(=O)CCCCCCCCCCC)COP(=O)([O-])OCC[N+](C)(C)C. The number of ether oxygens (including phenoxy) is 2. The standard InChI is InChI=1S/C46H92NO8P/c1-6-8-10-12-14-16-17-18-19-20-21-22-23-24-25-26-27-28-29-31-33-35-37-39-46(49)55-44(43-54-56(50,51)53-41-40-47(3,4)5)42-52-45(48)38-36-34-32-30-15-13-11-9-7-2/h44H,6-43H2,1-5H3. The van der Waals surface area contributed by atoms with Crippen molar-refractivity contribution >= 4 is 19.8 Å². The minimum atomic E-state index is -4.61. The van der Waals surface area contributed by atoms with Gasteiger partial charge in [-0.25, -0.2) is 0 Å². The Kier molecular flexibility index (Phi) is 38.8. The molecule has 0 saturated carbocycles. The van der Waals surface area contributed by atoms with Gasteiger partial charge < -0.3 is 27.9 Å². The van der Waals surface area contributed by atoms with E-state index in [1.807, 2.05) is 21.1 Å². The molecule has 56 heavy (non-hydrogen) atoms. The van der Waals surface area contributed by atoms with Gasteiger partial charge in [0.25, 0.3) is 7.82 Å². The monoisotopic (exact) mass is 818 g/mol. The first-order valence-electron chi connectivity index (χ1n) is 23.7. The maximum atomic E-state index is 12.7. The predicted octanol–water partition coefficient (Wildman–Crippen LogP) is 13.0. The molecule has 0 rings (SSSR count). The van der Waals surface area contributed by atoms with E-state index in [1.54, 1.807) is 0 Å². The van der Waals surface area contributed by atoms with Crippen LogP contribution in [0.3, 0.4) is 0 Å². The van der Waals surface area contributed by atoms with Gasteiger partial charge in [-0.2, -0.15) is 0 Å². The van der Waals surface area contributed by atoms with E-state index in [1.165, 1.54) is 167 Å². The summed E-state index contributed by atoms with van der Waals surface area (Å²) in [6, 6.07) is 0. The normalized spacial score (nSPS) is 13.5. The molecule has 0 bridgehead atoms. The first-order chi connectivity index (χ1) is 27.0. The van der Waals surface area contributed by atoms with Gasteiger partial charge in [-0.1, -0.05) is 206 Å².